The number of piperidine rings is 1. The van der Waals surface area contributed by atoms with Crippen LogP contribution in [0.2, 0.25) is 0 Å². The fraction of sp³-hybridized carbons (Fsp3) is 0.524. The van der Waals surface area contributed by atoms with E-state index in [0.29, 0.717) is 24.0 Å². The van der Waals surface area contributed by atoms with Crippen LogP contribution in [0, 0.1) is 6.92 Å². The molecule has 4 rings (SSSR count). The third kappa shape index (κ3) is 3.05. The summed E-state index contributed by atoms with van der Waals surface area (Å²) in [6.45, 7) is 7.34. The van der Waals surface area contributed by atoms with E-state index in [1.807, 2.05) is 40.7 Å². The number of aromatic nitrogens is 1. The lowest BCUT2D eigenvalue weighted by Crippen LogP contribution is -2.63. The molecule has 1 aromatic heterocycles. The molecule has 0 bridgehead atoms. The van der Waals surface area contributed by atoms with Crippen molar-refractivity contribution < 1.29 is 4.79 Å². The molecule has 3 heterocycles. The molecule has 1 unspecified atom stereocenters. The molecule has 2 aliphatic rings. The Morgan fingerprint density at radius 1 is 1.19 bits per heavy atom. The summed E-state index contributed by atoms with van der Waals surface area (Å²) in [4.78, 5) is 29.5. The predicted octanol–water partition coefficient (Wildman–Crippen LogP) is 2.40. The van der Waals surface area contributed by atoms with Crippen molar-refractivity contribution in [1.29, 1.82) is 0 Å². The first-order valence-electron chi connectivity index (χ1n) is 9.67. The Morgan fingerprint density at radius 3 is 2.73 bits per heavy atom. The average molecular weight is 353 g/mol. The zero-order valence-corrected chi connectivity index (χ0v) is 15.6. The van der Waals surface area contributed by atoms with Crippen LogP contribution in [0.25, 0.3) is 10.9 Å². The first-order valence-corrected chi connectivity index (χ1v) is 9.67. The molecule has 0 N–H and O–H groups in total. The quantitative estimate of drug-likeness (QED) is 0.851. The number of likely N-dealkylation sites (tertiary alicyclic amines) is 2. The van der Waals surface area contributed by atoms with E-state index in [4.69, 9.17) is 0 Å². The molecule has 0 saturated carbocycles. The van der Waals surface area contributed by atoms with Gasteiger partial charge in [-0.3, -0.25) is 14.5 Å². The van der Waals surface area contributed by atoms with Crippen molar-refractivity contribution in [2.75, 3.05) is 19.6 Å². The Balaban J connectivity index is 1.47. The van der Waals surface area contributed by atoms with Gasteiger partial charge in [-0.2, -0.15) is 0 Å². The monoisotopic (exact) mass is 353 g/mol. The molecular weight excluding hydrogens is 326 g/mol. The smallest absolute Gasteiger partial charge is 0.242 e. The number of benzene rings is 1. The molecule has 2 fully saturated rings. The molecule has 2 aromatic rings. The summed E-state index contributed by atoms with van der Waals surface area (Å²) >= 11 is 0. The zero-order valence-electron chi connectivity index (χ0n) is 15.6. The number of hydrogen-bond donors (Lipinski definition) is 0. The van der Waals surface area contributed by atoms with Crippen LogP contribution in [0.4, 0.5) is 0 Å². The molecule has 138 valence electrons. The van der Waals surface area contributed by atoms with Crippen LogP contribution in [0.3, 0.4) is 0 Å². The van der Waals surface area contributed by atoms with Gasteiger partial charge in [0.1, 0.15) is 6.54 Å². The van der Waals surface area contributed by atoms with Crippen molar-refractivity contribution in [3.8, 4) is 0 Å². The summed E-state index contributed by atoms with van der Waals surface area (Å²) in [6, 6.07) is 10.3. The van der Waals surface area contributed by atoms with Gasteiger partial charge in [-0.15, -0.1) is 0 Å². The number of rotatable bonds is 3. The maximum atomic E-state index is 12.8. The van der Waals surface area contributed by atoms with Gasteiger partial charge in [0.25, 0.3) is 0 Å². The van der Waals surface area contributed by atoms with Crippen molar-refractivity contribution in [3.05, 3.63) is 46.2 Å². The molecule has 0 spiro atoms. The maximum Gasteiger partial charge on any atom is 0.242 e. The van der Waals surface area contributed by atoms with Gasteiger partial charge in [0.15, 0.2) is 5.43 Å². The van der Waals surface area contributed by atoms with Crippen LogP contribution in [-0.2, 0) is 11.3 Å². The molecule has 2 saturated heterocycles. The lowest BCUT2D eigenvalue weighted by molar-refractivity contribution is -0.140. The molecule has 1 atom stereocenters. The van der Waals surface area contributed by atoms with E-state index in [-0.39, 0.29) is 11.3 Å². The number of aryl methyl sites for hydroxylation is 1. The summed E-state index contributed by atoms with van der Waals surface area (Å²) < 4.78 is 1.97. The highest BCUT2D eigenvalue weighted by atomic mass is 16.2. The molecular formula is C21H27N3O2. The summed E-state index contributed by atoms with van der Waals surface area (Å²) in [5, 5.41) is 0.675. The second-order valence-corrected chi connectivity index (χ2v) is 7.79. The van der Waals surface area contributed by atoms with E-state index < -0.39 is 0 Å². The van der Waals surface area contributed by atoms with Gasteiger partial charge in [-0.1, -0.05) is 18.6 Å². The van der Waals surface area contributed by atoms with Crippen LogP contribution in [0.5, 0.6) is 0 Å². The third-order valence-electron chi connectivity index (χ3n) is 6.06. The standard InChI is InChI=1S/C21H27N3O2/c1-15-7-5-6-10-23(15)17-12-22(13-17)21(26)14-24-16(2)11-20(25)18-8-3-4-9-19(18)24/h3-4,8-9,11,15,17H,5-7,10,12-14H2,1-2H3. The normalized spacial score (nSPS) is 21.8. The Morgan fingerprint density at radius 2 is 1.96 bits per heavy atom. The van der Waals surface area contributed by atoms with Gasteiger partial charge >= 0.3 is 0 Å². The van der Waals surface area contributed by atoms with Crippen LogP contribution < -0.4 is 5.43 Å². The Kier molecular flexibility index (Phi) is 4.57. The lowest BCUT2D eigenvalue weighted by atomic mass is 9.97. The number of amides is 1. The van der Waals surface area contributed by atoms with E-state index in [2.05, 4.69) is 11.8 Å². The van der Waals surface area contributed by atoms with E-state index in [1.165, 1.54) is 19.3 Å². The Labute approximate surface area is 154 Å². The largest absolute Gasteiger partial charge is 0.338 e. The highest BCUT2D eigenvalue weighted by molar-refractivity contribution is 5.83. The van der Waals surface area contributed by atoms with Gasteiger partial charge < -0.3 is 9.47 Å². The van der Waals surface area contributed by atoms with E-state index >= 15 is 0 Å². The van der Waals surface area contributed by atoms with Crippen LogP contribution in [0.15, 0.2) is 35.1 Å². The minimum absolute atomic E-state index is 0.0184. The summed E-state index contributed by atoms with van der Waals surface area (Å²) in [5.74, 6) is 0.141. The van der Waals surface area contributed by atoms with Crippen molar-refractivity contribution in [2.45, 2.75) is 51.7 Å². The predicted molar refractivity (Wildman–Crippen MR) is 103 cm³/mol. The zero-order chi connectivity index (χ0) is 18.3. The molecule has 0 radical (unpaired) electrons. The van der Waals surface area contributed by atoms with Gasteiger partial charge in [0, 0.05) is 42.3 Å². The van der Waals surface area contributed by atoms with Crippen molar-refractivity contribution in [2.24, 2.45) is 0 Å². The number of fused-ring (bicyclic) bond motifs is 1. The molecule has 26 heavy (non-hydrogen) atoms. The van der Waals surface area contributed by atoms with E-state index in [9.17, 15) is 9.59 Å². The third-order valence-corrected chi connectivity index (χ3v) is 6.06. The fourth-order valence-electron chi connectivity index (χ4n) is 4.43. The number of carbonyl (C=O) groups excluding carboxylic acids is 1. The number of para-hydroxylation sites is 1. The van der Waals surface area contributed by atoms with Crippen molar-refractivity contribution in [3.63, 3.8) is 0 Å². The van der Waals surface area contributed by atoms with Crippen molar-refractivity contribution in [1.82, 2.24) is 14.4 Å². The number of nitrogens with zero attached hydrogens (tertiary/aromatic N) is 3. The van der Waals surface area contributed by atoms with Crippen LogP contribution >= 0.6 is 0 Å². The Bertz CT molecular complexity index is 882. The van der Waals surface area contributed by atoms with Crippen LogP contribution in [0.1, 0.15) is 31.9 Å². The second-order valence-electron chi connectivity index (χ2n) is 7.79. The summed E-state index contributed by atoms with van der Waals surface area (Å²) in [7, 11) is 0. The van der Waals surface area contributed by atoms with Gasteiger partial charge in [-0.05, 0) is 45.4 Å². The molecule has 2 aliphatic heterocycles. The minimum atomic E-state index is 0.0184. The maximum absolute atomic E-state index is 12.8. The molecule has 5 nitrogen and oxygen atoms in total. The molecule has 1 amide bonds. The first-order chi connectivity index (χ1) is 12.5. The van der Waals surface area contributed by atoms with E-state index in [1.54, 1.807) is 6.07 Å². The van der Waals surface area contributed by atoms with Gasteiger partial charge in [0.2, 0.25) is 5.91 Å². The first kappa shape index (κ1) is 17.3. The average Bonchev–Trinajstić information content (AvgIpc) is 2.59. The van der Waals surface area contributed by atoms with Crippen molar-refractivity contribution >= 4 is 16.8 Å². The van der Waals surface area contributed by atoms with E-state index in [0.717, 1.165) is 30.8 Å². The molecule has 5 heteroatoms. The minimum Gasteiger partial charge on any atom is -0.338 e. The highest BCUT2D eigenvalue weighted by Gasteiger charge is 2.37. The van der Waals surface area contributed by atoms with Crippen LogP contribution in [-0.4, -0.2) is 52.0 Å². The lowest BCUT2D eigenvalue weighted by Gasteiger charge is -2.49. The Hall–Kier alpha value is -2.14. The summed E-state index contributed by atoms with van der Waals surface area (Å²) in [5.41, 5.74) is 1.70. The van der Waals surface area contributed by atoms with Gasteiger partial charge in [0.05, 0.1) is 5.52 Å². The topological polar surface area (TPSA) is 45.6 Å². The molecule has 1 aromatic carbocycles. The number of carbonyl (C=O) groups is 1. The number of pyridine rings is 1. The highest BCUT2D eigenvalue weighted by Crippen LogP contribution is 2.25. The van der Waals surface area contributed by atoms with Gasteiger partial charge in [-0.25, -0.2) is 0 Å². The fourth-order valence-corrected chi connectivity index (χ4v) is 4.43. The SMILES string of the molecule is Cc1cc(=O)c2ccccc2n1CC(=O)N1CC(N2CCCCC2C)C1. The molecule has 0 aliphatic carbocycles. The second kappa shape index (κ2) is 6.88. The number of hydrogen-bond acceptors (Lipinski definition) is 3. The summed E-state index contributed by atoms with van der Waals surface area (Å²) in [6.07, 6.45) is 3.87.